The van der Waals surface area contributed by atoms with Crippen molar-refractivity contribution in [2.24, 2.45) is 11.3 Å². The standard InChI is InChI=1S/C32H38N2P2Si/c1-31(2,3)30-26(37(4,5)6)19-23(20-35)29(30)32(36,27-17-15-21-11-7-9-13-24(21)33-27)28-18-16-22-12-8-10-14-25(22)34-28/h7-19,30H,20,35-36H2,1-6H3. The molecular weight excluding hydrogens is 502 g/mol. The Kier molecular flexibility index (Phi) is 6.81. The smallest absolute Gasteiger partial charge is 0.0905 e. The predicted molar refractivity (Wildman–Crippen MR) is 170 cm³/mol. The SMILES string of the molecule is CC(C)(C)C1C([Si](C)(C)C)=CC(CP)=C1C(P)(c1ccc2ccccc2n1)c1ccc2ccccc2n1. The molecule has 0 saturated heterocycles. The molecule has 1 aliphatic rings. The third-order valence-electron chi connectivity index (χ3n) is 7.66. The van der Waals surface area contributed by atoms with Gasteiger partial charge in [-0.3, -0.25) is 9.97 Å². The molecule has 2 nitrogen and oxygen atoms in total. The molecular formula is C32H38N2P2Si. The Hall–Kier alpha value is -2.18. The van der Waals surface area contributed by atoms with Gasteiger partial charge in [0.25, 0.3) is 0 Å². The Morgan fingerprint density at radius 2 is 1.24 bits per heavy atom. The molecule has 2 heterocycles. The van der Waals surface area contributed by atoms with Gasteiger partial charge in [0.15, 0.2) is 0 Å². The van der Waals surface area contributed by atoms with Gasteiger partial charge in [-0.05, 0) is 47.0 Å². The molecule has 3 unspecified atom stereocenters. The Morgan fingerprint density at radius 3 is 1.68 bits per heavy atom. The second-order valence-electron chi connectivity index (χ2n) is 12.4. The zero-order chi connectivity index (χ0) is 26.6. The van der Waals surface area contributed by atoms with Gasteiger partial charge < -0.3 is 0 Å². The molecule has 2 aromatic carbocycles. The van der Waals surface area contributed by atoms with E-state index in [1.165, 1.54) is 11.1 Å². The van der Waals surface area contributed by atoms with E-state index in [0.717, 1.165) is 39.4 Å². The summed E-state index contributed by atoms with van der Waals surface area (Å²) in [5, 5.41) is 3.38. The molecule has 4 aromatic rings. The lowest BCUT2D eigenvalue weighted by Gasteiger charge is -2.43. The first kappa shape index (κ1) is 26.4. The summed E-state index contributed by atoms with van der Waals surface area (Å²) >= 11 is 0. The molecule has 0 radical (unpaired) electrons. The first-order chi connectivity index (χ1) is 17.4. The molecule has 3 atom stereocenters. The third-order valence-corrected chi connectivity index (χ3v) is 11.2. The predicted octanol–water partition coefficient (Wildman–Crippen LogP) is 8.55. The second-order valence-corrected chi connectivity index (χ2v) is 18.7. The van der Waals surface area contributed by atoms with Crippen LogP contribution in [0.1, 0.15) is 32.2 Å². The van der Waals surface area contributed by atoms with Gasteiger partial charge in [-0.2, -0.15) is 0 Å². The van der Waals surface area contributed by atoms with Gasteiger partial charge in [0, 0.05) is 16.7 Å². The van der Waals surface area contributed by atoms with Crippen LogP contribution in [-0.2, 0) is 5.16 Å². The lowest BCUT2D eigenvalue weighted by Crippen LogP contribution is -2.40. The van der Waals surface area contributed by atoms with Gasteiger partial charge in [-0.1, -0.05) is 100 Å². The van der Waals surface area contributed by atoms with E-state index in [1.54, 1.807) is 5.20 Å². The highest BCUT2D eigenvalue weighted by molar-refractivity contribution is 7.19. The average Bonchev–Trinajstić information content (AvgIpc) is 3.29. The minimum absolute atomic E-state index is 0.0541. The van der Waals surface area contributed by atoms with Crippen molar-refractivity contribution in [3.05, 3.63) is 107 Å². The molecule has 0 spiro atoms. The van der Waals surface area contributed by atoms with Crippen LogP contribution in [0.4, 0.5) is 0 Å². The number of para-hydroxylation sites is 2. The van der Waals surface area contributed by atoms with Gasteiger partial charge in [-0.15, -0.1) is 18.5 Å². The Bertz CT molecular complexity index is 1480. The molecule has 0 amide bonds. The number of hydrogen-bond donors (Lipinski definition) is 0. The van der Waals surface area contributed by atoms with Crippen LogP contribution in [0.5, 0.6) is 0 Å². The minimum Gasteiger partial charge on any atom is -0.251 e. The fourth-order valence-corrected chi connectivity index (χ4v) is 8.93. The van der Waals surface area contributed by atoms with Crippen molar-refractivity contribution in [1.82, 2.24) is 9.97 Å². The Labute approximate surface area is 227 Å². The van der Waals surface area contributed by atoms with Crippen LogP contribution in [0.3, 0.4) is 0 Å². The third kappa shape index (κ3) is 4.65. The number of allylic oxidation sites excluding steroid dienone is 4. The second kappa shape index (κ2) is 9.53. The zero-order valence-electron chi connectivity index (χ0n) is 22.8. The van der Waals surface area contributed by atoms with E-state index < -0.39 is 13.2 Å². The highest BCUT2D eigenvalue weighted by Crippen LogP contribution is 2.58. The van der Waals surface area contributed by atoms with Crippen LogP contribution in [0.15, 0.2) is 95.2 Å². The molecule has 1 aliphatic carbocycles. The van der Waals surface area contributed by atoms with E-state index >= 15 is 0 Å². The largest absolute Gasteiger partial charge is 0.251 e. The number of aromatic nitrogens is 2. The van der Waals surface area contributed by atoms with Crippen molar-refractivity contribution >= 4 is 48.4 Å². The van der Waals surface area contributed by atoms with Gasteiger partial charge in [0.1, 0.15) is 0 Å². The first-order valence-electron chi connectivity index (χ1n) is 13.1. The molecule has 0 saturated carbocycles. The number of fused-ring (bicyclic) bond motifs is 2. The summed E-state index contributed by atoms with van der Waals surface area (Å²) in [4.78, 5) is 10.6. The van der Waals surface area contributed by atoms with E-state index in [4.69, 9.17) is 9.97 Å². The minimum atomic E-state index is -1.60. The highest BCUT2D eigenvalue weighted by Gasteiger charge is 2.50. The fourth-order valence-electron chi connectivity index (χ4n) is 5.87. The number of benzene rings is 2. The fraction of sp³-hybridized carbons (Fsp3) is 0.312. The molecule has 190 valence electrons. The monoisotopic (exact) mass is 540 g/mol. The van der Waals surface area contributed by atoms with E-state index in [1.807, 2.05) is 0 Å². The summed E-state index contributed by atoms with van der Waals surface area (Å²) in [7, 11) is 4.67. The van der Waals surface area contributed by atoms with Gasteiger partial charge in [0.05, 0.1) is 35.7 Å². The van der Waals surface area contributed by atoms with Crippen LogP contribution in [0.2, 0.25) is 19.6 Å². The number of nitrogens with zero attached hydrogens (tertiary/aromatic N) is 2. The van der Waals surface area contributed by atoms with E-state index in [0.29, 0.717) is 5.92 Å². The van der Waals surface area contributed by atoms with Crippen molar-refractivity contribution in [2.45, 2.75) is 45.6 Å². The lowest BCUT2D eigenvalue weighted by molar-refractivity contribution is 0.315. The maximum Gasteiger partial charge on any atom is 0.0905 e. The first-order valence-corrected chi connectivity index (χ1v) is 18.0. The van der Waals surface area contributed by atoms with Crippen molar-refractivity contribution in [3.8, 4) is 0 Å². The van der Waals surface area contributed by atoms with E-state index in [-0.39, 0.29) is 5.41 Å². The normalized spacial score (nSPS) is 17.1. The molecule has 0 fully saturated rings. The Balaban J connectivity index is 1.85. The molecule has 0 bridgehead atoms. The summed E-state index contributed by atoms with van der Waals surface area (Å²) in [6.07, 6.45) is 3.44. The van der Waals surface area contributed by atoms with Crippen LogP contribution in [-0.4, -0.2) is 24.2 Å². The van der Waals surface area contributed by atoms with Gasteiger partial charge >= 0.3 is 0 Å². The molecule has 5 rings (SSSR count). The zero-order valence-corrected chi connectivity index (χ0v) is 26.1. The summed E-state index contributed by atoms with van der Waals surface area (Å²) in [6, 6.07) is 25.7. The van der Waals surface area contributed by atoms with Crippen molar-refractivity contribution in [3.63, 3.8) is 0 Å². The summed E-state index contributed by atoms with van der Waals surface area (Å²) in [5.74, 6) is 0.314. The van der Waals surface area contributed by atoms with E-state index in [2.05, 4.69) is 138 Å². The summed E-state index contributed by atoms with van der Waals surface area (Å²) in [5.41, 5.74) is 6.99. The van der Waals surface area contributed by atoms with Crippen LogP contribution < -0.4 is 0 Å². The quantitative estimate of drug-likeness (QED) is 0.187. The maximum atomic E-state index is 5.31. The highest BCUT2D eigenvalue weighted by atomic mass is 31.0. The number of hydrogen-bond acceptors (Lipinski definition) is 2. The van der Waals surface area contributed by atoms with Gasteiger partial charge in [-0.25, -0.2) is 0 Å². The molecule has 2 aromatic heterocycles. The number of pyridine rings is 2. The van der Waals surface area contributed by atoms with Crippen molar-refractivity contribution < 1.29 is 0 Å². The Morgan fingerprint density at radius 1 is 0.757 bits per heavy atom. The van der Waals surface area contributed by atoms with Crippen LogP contribution in [0.25, 0.3) is 21.8 Å². The van der Waals surface area contributed by atoms with Crippen molar-refractivity contribution in [2.75, 3.05) is 6.16 Å². The molecule has 0 aliphatic heterocycles. The topological polar surface area (TPSA) is 25.8 Å². The maximum absolute atomic E-state index is 5.31. The lowest BCUT2D eigenvalue weighted by atomic mass is 9.71. The van der Waals surface area contributed by atoms with Gasteiger partial charge in [0.2, 0.25) is 0 Å². The molecule has 37 heavy (non-hydrogen) atoms. The molecule has 5 heteroatoms. The van der Waals surface area contributed by atoms with Crippen LogP contribution >= 0.6 is 18.5 Å². The van der Waals surface area contributed by atoms with Crippen molar-refractivity contribution in [1.29, 1.82) is 0 Å². The summed E-state index contributed by atoms with van der Waals surface area (Å²) < 4.78 is 0. The average molecular weight is 541 g/mol. The summed E-state index contributed by atoms with van der Waals surface area (Å²) in [6.45, 7) is 14.6. The molecule has 0 N–H and O–H groups in total. The van der Waals surface area contributed by atoms with E-state index in [9.17, 15) is 0 Å². The number of rotatable bonds is 5. The van der Waals surface area contributed by atoms with Crippen LogP contribution in [0, 0.1) is 11.3 Å².